The molecule has 88 valence electrons. The number of fused-ring (bicyclic) bond motifs is 1. The zero-order chi connectivity index (χ0) is 11.8. The van der Waals surface area contributed by atoms with Crippen LogP contribution in [0.5, 0.6) is 0 Å². The number of rotatable bonds is 1. The molecule has 0 saturated heterocycles. The van der Waals surface area contributed by atoms with Gasteiger partial charge in [-0.3, -0.25) is 0 Å². The molecule has 2 heterocycles. The minimum absolute atomic E-state index is 0.189. The Morgan fingerprint density at radius 3 is 3.12 bits per heavy atom. The van der Waals surface area contributed by atoms with Gasteiger partial charge in [0.05, 0.1) is 18.4 Å². The highest BCUT2D eigenvalue weighted by Gasteiger charge is 2.15. The van der Waals surface area contributed by atoms with E-state index in [4.69, 9.17) is 0 Å². The molecular weight excluding hydrogens is 217 g/mol. The van der Waals surface area contributed by atoms with Crippen LogP contribution in [-0.2, 0) is 13.1 Å². The molecule has 0 saturated carbocycles. The van der Waals surface area contributed by atoms with Crippen molar-refractivity contribution in [3.05, 3.63) is 41.6 Å². The van der Waals surface area contributed by atoms with Crippen LogP contribution in [0.15, 0.2) is 24.4 Å². The lowest BCUT2D eigenvalue weighted by molar-refractivity contribution is 0.508. The van der Waals surface area contributed by atoms with Gasteiger partial charge in [-0.25, -0.2) is 9.37 Å². The van der Waals surface area contributed by atoms with Crippen LogP contribution in [0.1, 0.15) is 11.4 Å². The van der Waals surface area contributed by atoms with Gasteiger partial charge in [0.15, 0.2) is 0 Å². The summed E-state index contributed by atoms with van der Waals surface area (Å²) < 4.78 is 15.3. The van der Waals surface area contributed by atoms with Crippen molar-refractivity contribution in [2.75, 3.05) is 6.54 Å². The SMILES string of the molecule is Cc1cc(F)ccc1-c1cnc2n1CCNC2. The summed E-state index contributed by atoms with van der Waals surface area (Å²) in [5.74, 6) is 0.862. The molecule has 1 aliphatic heterocycles. The summed E-state index contributed by atoms with van der Waals surface area (Å²) >= 11 is 0. The Bertz CT molecular complexity index is 560. The topological polar surface area (TPSA) is 29.9 Å². The van der Waals surface area contributed by atoms with E-state index in [1.54, 1.807) is 6.07 Å². The average Bonchev–Trinajstić information content (AvgIpc) is 2.73. The van der Waals surface area contributed by atoms with Crippen LogP contribution in [0.3, 0.4) is 0 Å². The van der Waals surface area contributed by atoms with E-state index in [1.807, 2.05) is 19.2 Å². The molecule has 0 bridgehead atoms. The van der Waals surface area contributed by atoms with E-state index in [-0.39, 0.29) is 5.82 Å². The molecular formula is C13H14FN3. The number of hydrogen-bond donors (Lipinski definition) is 1. The number of nitrogens with zero attached hydrogens (tertiary/aromatic N) is 2. The van der Waals surface area contributed by atoms with E-state index >= 15 is 0 Å². The second-order valence-electron chi connectivity index (χ2n) is 4.35. The van der Waals surface area contributed by atoms with Crippen LogP contribution < -0.4 is 5.32 Å². The van der Waals surface area contributed by atoms with Crippen LogP contribution in [0, 0.1) is 12.7 Å². The van der Waals surface area contributed by atoms with Gasteiger partial charge in [-0.1, -0.05) is 0 Å². The summed E-state index contributed by atoms with van der Waals surface area (Å²) in [6.07, 6.45) is 1.88. The summed E-state index contributed by atoms with van der Waals surface area (Å²) in [5.41, 5.74) is 3.09. The molecule has 0 spiro atoms. The summed E-state index contributed by atoms with van der Waals surface area (Å²) in [6, 6.07) is 4.90. The molecule has 2 aromatic rings. The number of aromatic nitrogens is 2. The highest BCUT2D eigenvalue weighted by molar-refractivity contribution is 5.63. The fourth-order valence-electron chi connectivity index (χ4n) is 2.33. The lowest BCUT2D eigenvalue weighted by Gasteiger charge is -2.18. The molecule has 3 nitrogen and oxygen atoms in total. The van der Waals surface area contributed by atoms with Gasteiger partial charge >= 0.3 is 0 Å². The third kappa shape index (κ3) is 1.74. The van der Waals surface area contributed by atoms with Crippen LogP contribution in [0.4, 0.5) is 4.39 Å². The number of nitrogens with one attached hydrogen (secondary N) is 1. The zero-order valence-electron chi connectivity index (χ0n) is 9.70. The standard InChI is InChI=1S/C13H14FN3/c1-9-6-10(14)2-3-11(9)12-7-16-13-8-15-4-5-17(12)13/h2-3,6-7,15H,4-5,8H2,1H3. The lowest BCUT2D eigenvalue weighted by atomic mass is 10.1. The number of halogens is 1. The van der Waals surface area contributed by atoms with Gasteiger partial charge in [0, 0.05) is 18.7 Å². The summed E-state index contributed by atoms with van der Waals surface area (Å²) in [7, 11) is 0. The van der Waals surface area contributed by atoms with Gasteiger partial charge < -0.3 is 9.88 Å². The molecule has 1 aliphatic rings. The van der Waals surface area contributed by atoms with Crippen molar-refractivity contribution in [2.24, 2.45) is 0 Å². The molecule has 0 radical (unpaired) electrons. The molecule has 0 aliphatic carbocycles. The predicted octanol–water partition coefficient (Wildman–Crippen LogP) is 2.10. The molecule has 0 fully saturated rings. The summed E-state index contributed by atoms with van der Waals surface area (Å²) in [4.78, 5) is 4.40. The first-order valence-corrected chi connectivity index (χ1v) is 5.77. The lowest BCUT2D eigenvalue weighted by Crippen LogP contribution is -2.28. The highest BCUT2D eigenvalue weighted by atomic mass is 19.1. The van der Waals surface area contributed by atoms with E-state index in [0.29, 0.717) is 0 Å². The van der Waals surface area contributed by atoms with Gasteiger partial charge in [0.2, 0.25) is 0 Å². The normalized spacial score (nSPS) is 14.7. The van der Waals surface area contributed by atoms with Gasteiger partial charge in [0.1, 0.15) is 11.6 Å². The van der Waals surface area contributed by atoms with Crippen molar-refractivity contribution in [3.63, 3.8) is 0 Å². The van der Waals surface area contributed by atoms with Crippen molar-refractivity contribution in [3.8, 4) is 11.3 Å². The van der Waals surface area contributed by atoms with Gasteiger partial charge in [-0.15, -0.1) is 0 Å². The Hall–Kier alpha value is -1.68. The first-order valence-electron chi connectivity index (χ1n) is 5.77. The van der Waals surface area contributed by atoms with Crippen molar-refractivity contribution in [2.45, 2.75) is 20.0 Å². The van der Waals surface area contributed by atoms with E-state index in [2.05, 4.69) is 14.9 Å². The number of imidazole rings is 1. The largest absolute Gasteiger partial charge is 0.326 e. The number of benzene rings is 1. The van der Waals surface area contributed by atoms with Crippen molar-refractivity contribution < 1.29 is 4.39 Å². The Labute approximate surface area is 99.3 Å². The van der Waals surface area contributed by atoms with E-state index in [1.165, 1.54) is 6.07 Å². The Kier molecular flexibility index (Phi) is 2.44. The Balaban J connectivity index is 2.12. The van der Waals surface area contributed by atoms with Crippen LogP contribution in [0.2, 0.25) is 0 Å². The summed E-state index contributed by atoms with van der Waals surface area (Å²) in [5, 5.41) is 3.29. The zero-order valence-corrected chi connectivity index (χ0v) is 9.70. The highest BCUT2D eigenvalue weighted by Crippen LogP contribution is 2.25. The first kappa shape index (κ1) is 10.5. The smallest absolute Gasteiger partial charge is 0.123 e. The molecule has 0 unspecified atom stereocenters. The molecule has 1 aromatic heterocycles. The van der Waals surface area contributed by atoms with Crippen molar-refractivity contribution in [1.29, 1.82) is 0 Å². The average molecular weight is 231 g/mol. The maximum atomic E-state index is 13.1. The van der Waals surface area contributed by atoms with Crippen molar-refractivity contribution >= 4 is 0 Å². The van der Waals surface area contributed by atoms with Gasteiger partial charge in [0.25, 0.3) is 0 Å². The monoisotopic (exact) mass is 231 g/mol. The molecule has 1 aromatic carbocycles. The third-order valence-corrected chi connectivity index (χ3v) is 3.20. The fourth-order valence-corrected chi connectivity index (χ4v) is 2.33. The van der Waals surface area contributed by atoms with E-state index < -0.39 is 0 Å². The molecule has 0 atom stereocenters. The maximum Gasteiger partial charge on any atom is 0.123 e. The van der Waals surface area contributed by atoms with E-state index in [9.17, 15) is 4.39 Å². The number of hydrogen-bond acceptors (Lipinski definition) is 2. The number of aryl methyl sites for hydroxylation is 1. The first-order chi connectivity index (χ1) is 8.25. The van der Waals surface area contributed by atoms with Crippen molar-refractivity contribution in [1.82, 2.24) is 14.9 Å². The predicted molar refractivity (Wildman–Crippen MR) is 64.1 cm³/mol. The van der Waals surface area contributed by atoms with Gasteiger partial charge in [-0.2, -0.15) is 0 Å². The minimum Gasteiger partial charge on any atom is -0.326 e. The molecule has 4 heteroatoms. The van der Waals surface area contributed by atoms with Gasteiger partial charge in [-0.05, 0) is 30.7 Å². The van der Waals surface area contributed by atoms with E-state index in [0.717, 1.165) is 42.3 Å². The summed E-state index contributed by atoms with van der Waals surface area (Å²) in [6.45, 7) is 4.61. The molecule has 17 heavy (non-hydrogen) atoms. The molecule has 3 rings (SSSR count). The Morgan fingerprint density at radius 2 is 2.29 bits per heavy atom. The Morgan fingerprint density at radius 1 is 1.41 bits per heavy atom. The maximum absolute atomic E-state index is 13.1. The molecule has 1 N–H and O–H groups in total. The second-order valence-corrected chi connectivity index (χ2v) is 4.35. The second kappa shape index (κ2) is 3.96. The quantitative estimate of drug-likeness (QED) is 0.814. The minimum atomic E-state index is -0.189. The third-order valence-electron chi connectivity index (χ3n) is 3.20. The van der Waals surface area contributed by atoms with Crippen LogP contribution in [-0.4, -0.2) is 16.1 Å². The molecule has 0 amide bonds. The van der Waals surface area contributed by atoms with Crippen LogP contribution in [0.25, 0.3) is 11.3 Å². The van der Waals surface area contributed by atoms with Crippen LogP contribution >= 0.6 is 0 Å². The fraction of sp³-hybridized carbons (Fsp3) is 0.308.